The third-order valence-electron chi connectivity index (χ3n) is 3.83. The van der Waals surface area contributed by atoms with E-state index in [0.29, 0.717) is 13.0 Å². The van der Waals surface area contributed by atoms with Crippen molar-refractivity contribution >= 4 is 15.7 Å². The molecule has 1 aliphatic heterocycles. The first-order chi connectivity index (χ1) is 10.0. The van der Waals surface area contributed by atoms with E-state index in [1.165, 1.54) is 5.56 Å². The van der Waals surface area contributed by atoms with Crippen molar-refractivity contribution in [3.8, 4) is 0 Å². The highest BCUT2D eigenvalue weighted by Crippen LogP contribution is 2.30. The van der Waals surface area contributed by atoms with E-state index in [1.54, 1.807) is 4.31 Å². The number of hydrogen-bond donors (Lipinski definition) is 1. The van der Waals surface area contributed by atoms with Crippen LogP contribution in [0.5, 0.6) is 0 Å². The van der Waals surface area contributed by atoms with Gasteiger partial charge in [0, 0.05) is 6.54 Å². The molecule has 1 aliphatic rings. The Hall–Kier alpha value is -1.07. The summed E-state index contributed by atoms with van der Waals surface area (Å²) in [5.74, 6) is 0.219. The molecule has 118 valence electrons. The smallest absolute Gasteiger partial charge is 0.235 e. The lowest BCUT2D eigenvalue weighted by molar-refractivity contribution is 0.579. The highest BCUT2D eigenvalue weighted by Gasteiger charge is 2.26. The first kappa shape index (κ1) is 16.3. The molecule has 4 nitrogen and oxygen atoms in total. The molecular weight excluding hydrogens is 284 g/mol. The molecule has 0 amide bonds. The number of anilines is 1. The van der Waals surface area contributed by atoms with Crippen LogP contribution in [0.15, 0.2) is 18.2 Å². The van der Waals surface area contributed by atoms with Crippen LogP contribution in [0.4, 0.5) is 5.69 Å². The van der Waals surface area contributed by atoms with Gasteiger partial charge in [-0.2, -0.15) is 0 Å². The number of nitrogens with one attached hydrogen (secondary N) is 1. The SMILES string of the molecule is CCCNCCCS(=O)(=O)N1CCCc2cc(C)ccc21. The van der Waals surface area contributed by atoms with Crippen LogP contribution in [0.2, 0.25) is 0 Å². The van der Waals surface area contributed by atoms with Crippen LogP contribution < -0.4 is 9.62 Å². The number of aryl methyl sites for hydroxylation is 2. The fraction of sp³-hybridized carbons (Fsp3) is 0.625. The van der Waals surface area contributed by atoms with Gasteiger partial charge in [-0.1, -0.05) is 24.6 Å². The summed E-state index contributed by atoms with van der Waals surface area (Å²) in [6.07, 6.45) is 3.62. The zero-order chi connectivity index (χ0) is 15.3. The minimum Gasteiger partial charge on any atom is -0.317 e. The van der Waals surface area contributed by atoms with Gasteiger partial charge in [-0.25, -0.2) is 8.42 Å². The van der Waals surface area contributed by atoms with E-state index in [-0.39, 0.29) is 5.75 Å². The number of nitrogens with zero attached hydrogens (tertiary/aromatic N) is 1. The van der Waals surface area contributed by atoms with Crippen molar-refractivity contribution in [3.63, 3.8) is 0 Å². The molecule has 0 bridgehead atoms. The minimum atomic E-state index is -3.20. The Bertz CT molecular complexity index is 570. The van der Waals surface area contributed by atoms with Crippen LogP contribution >= 0.6 is 0 Å². The van der Waals surface area contributed by atoms with Gasteiger partial charge in [0.2, 0.25) is 10.0 Å². The molecule has 0 spiro atoms. The van der Waals surface area contributed by atoms with Crippen molar-refractivity contribution < 1.29 is 8.42 Å². The summed E-state index contributed by atoms with van der Waals surface area (Å²) in [5.41, 5.74) is 3.24. The molecule has 1 N–H and O–H groups in total. The van der Waals surface area contributed by atoms with Gasteiger partial charge >= 0.3 is 0 Å². The molecule has 0 saturated carbocycles. The summed E-state index contributed by atoms with van der Waals surface area (Å²) < 4.78 is 26.7. The lowest BCUT2D eigenvalue weighted by Gasteiger charge is -2.30. The summed E-state index contributed by atoms with van der Waals surface area (Å²) in [6.45, 7) is 6.48. The molecule has 0 radical (unpaired) electrons. The van der Waals surface area contributed by atoms with Gasteiger partial charge < -0.3 is 5.32 Å². The molecular formula is C16H26N2O2S. The molecule has 0 aromatic heterocycles. The molecule has 0 unspecified atom stereocenters. The Balaban J connectivity index is 2.04. The molecule has 21 heavy (non-hydrogen) atoms. The minimum absolute atomic E-state index is 0.219. The monoisotopic (exact) mass is 310 g/mol. The van der Waals surface area contributed by atoms with Crippen molar-refractivity contribution in [3.05, 3.63) is 29.3 Å². The quantitative estimate of drug-likeness (QED) is 0.787. The van der Waals surface area contributed by atoms with Crippen molar-refractivity contribution in [2.75, 3.05) is 29.7 Å². The van der Waals surface area contributed by atoms with Crippen LogP contribution in [-0.4, -0.2) is 33.8 Å². The topological polar surface area (TPSA) is 49.4 Å². The van der Waals surface area contributed by atoms with Crippen LogP contribution in [0, 0.1) is 6.92 Å². The molecule has 0 fully saturated rings. The average molecular weight is 310 g/mol. The summed E-state index contributed by atoms with van der Waals surface area (Å²) in [6, 6.07) is 6.06. The number of rotatable bonds is 7. The van der Waals surface area contributed by atoms with Crippen LogP contribution in [0.1, 0.15) is 37.3 Å². The van der Waals surface area contributed by atoms with E-state index in [4.69, 9.17) is 0 Å². The summed E-state index contributed by atoms with van der Waals surface area (Å²) in [4.78, 5) is 0. The fourth-order valence-corrected chi connectivity index (χ4v) is 4.39. The normalized spacial score (nSPS) is 15.0. The van der Waals surface area contributed by atoms with Crippen molar-refractivity contribution in [2.24, 2.45) is 0 Å². The van der Waals surface area contributed by atoms with E-state index >= 15 is 0 Å². The second-order valence-corrected chi connectivity index (χ2v) is 7.74. The Morgan fingerprint density at radius 1 is 1.29 bits per heavy atom. The Labute approximate surface area is 128 Å². The summed E-state index contributed by atoms with van der Waals surface area (Å²) in [5, 5.41) is 3.25. The number of benzene rings is 1. The van der Waals surface area contributed by atoms with Gasteiger partial charge in [-0.3, -0.25) is 4.31 Å². The van der Waals surface area contributed by atoms with Crippen LogP contribution in [-0.2, 0) is 16.4 Å². The zero-order valence-corrected chi connectivity index (χ0v) is 13.9. The van der Waals surface area contributed by atoms with Crippen LogP contribution in [0.3, 0.4) is 0 Å². The van der Waals surface area contributed by atoms with Gasteiger partial charge in [0.15, 0.2) is 0 Å². The fourth-order valence-electron chi connectivity index (χ4n) is 2.77. The van der Waals surface area contributed by atoms with Crippen molar-refractivity contribution in [2.45, 2.75) is 39.5 Å². The van der Waals surface area contributed by atoms with Crippen molar-refractivity contribution in [1.29, 1.82) is 0 Å². The van der Waals surface area contributed by atoms with Crippen molar-refractivity contribution in [1.82, 2.24) is 5.32 Å². The molecule has 0 saturated heterocycles. The van der Waals surface area contributed by atoms with E-state index in [9.17, 15) is 8.42 Å². The molecule has 1 heterocycles. The molecule has 5 heteroatoms. The molecule has 0 atom stereocenters. The maximum Gasteiger partial charge on any atom is 0.235 e. The zero-order valence-electron chi connectivity index (χ0n) is 13.1. The third-order valence-corrected chi connectivity index (χ3v) is 5.68. The summed E-state index contributed by atoms with van der Waals surface area (Å²) in [7, 11) is -3.20. The Morgan fingerprint density at radius 2 is 2.10 bits per heavy atom. The maximum atomic E-state index is 12.6. The lowest BCUT2D eigenvalue weighted by atomic mass is 10.0. The average Bonchev–Trinajstić information content (AvgIpc) is 2.46. The van der Waals surface area contributed by atoms with Gasteiger partial charge in [0.1, 0.15) is 0 Å². The van der Waals surface area contributed by atoms with Gasteiger partial charge in [0.25, 0.3) is 0 Å². The van der Waals surface area contributed by atoms with Gasteiger partial charge in [-0.15, -0.1) is 0 Å². The van der Waals surface area contributed by atoms with Crippen LogP contribution in [0.25, 0.3) is 0 Å². The third kappa shape index (κ3) is 4.20. The van der Waals surface area contributed by atoms with E-state index < -0.39 is 10.0 Å². The van der Waals surface area contributed by atoms with Gasteiger partial charge in [-0.05, 0) is 57.3 Å². The standard InChI is InChI=1S/C16H26N2O2S/c1-3-9-17-10-5-12-21(19,20)18-11-4-6-15-13-14(2)7-8-16(15)18/h7-8,13,17H,3-6,9-12H2,1-2H3. The highest BCUT2D eigenvalue weighted by molar-refractivity contribution is 7.92. The predicted molar refractivity (Wildman–Crippen MR) is 88.4 cm³/mol. The van der Waals surface area contributed by atoms with Gasteiger partial charge in [0.05, 0.1) is 11.4 Å². The number of sulfonamides is 1. The summed E-state index contributed by atoms with van der Waals surface area (Å²) >= 11 is 0. The van der Waals surface area contributed by atoms with E-state index in [2.05, 4.69) is 18.3 Å². The molecule has 2 rings (SSSR count). The van der Waals surface area contributed by atoms with E-state index in [0.717, 1.165) is 43.6 Å². The highest BCUT2D eigenvalue weighted by atomic mass is 32.2. The number of hydrogen-bond acceptors (Lipinski definition) is 3. The lowest BCUT2D eigenvalue weighted by Crippen LogP contribution is -2.37. The second-order valence-electron chi connectivity index (χ2n) is 5.73. The maximum absolute atomic E-state index is 12.6. The molecule has 1 aromatic rings. The first-order valence-electron chi connectivity index (χ1n) is 7.85. The molecule has 0 aliphatic carbocycles. The number of fused-ring (bicyclic) bond motifs is 1. The Kier molecular flexibility index (Phi) is 5.65. The molecule has 1 aromatic carbocycles. The predicted octanol–water partition coefficient (Wildman–Crippen LogP) is 2.47. The second kappa shape index (κ2) is 7.27. The first-order valence-corrected chi connectivity index (χ1v) is 9.46. The Morgan fingerprint density at radius 3 is 2.86 bits per heavy atom. The largest absolute Gasteiger partial charge is 0.317 e. The van der Waals surface area contributed by atoms with E-state index in [1.807, 2.05) is 19.1 Å².